The van der Waals surface area contributed by atoms with Crippen LogP contribution >= 0.6 is 11.3 Å². The van der Waals surface area contributed by atoms with Crippen molar-refractivity contribution < 1.29 is 9.21 Å². The Morgan fingerprint density at radius 2 is 2.38 bits per heavy atom. The summed E-state index contributed by atoms with van der Waals surface area (Å²) in [5.74, 6) is -0.338. The predicted molar refractivity (Wildman–Crippen MR) is 84.2 cm³/mol. The Kier molecular flexibility index (Phi) is 3.73. The fourth-order valence-corrected chi connectivity index (χ4v) is 3.75. The topological polar surface area (TPSA) is 110 Å². The zero-order valence-corrected chi connectivity index (χ0v) is 13.4. The third-order valence-corrected chi connectivity index (χ3v) is 4.91. The first-order chi connectivity index (χ1) is 11.7. The molecule has 4 rings (SSSR count). The second kappa shape index (κ2) is 6.04. The molecule has 3 aromatic rings. The highest BCUT2D eigenvalue weighted by atomic mass is 32.1. The number of hydrogen-bond acceptors (Lipinski definition) is 7. The van der Waals surface area contributed by atoms with Crippen LogP contribution in [-0.2, 0) is 0 Å². The highest BCUT2D eigenvalue weighted by Gasteiger charge is 2.30. The predicted octanol–water partition coefficient (Wildman–Crippen LogP) is 1.02. The van der Waals surface area contributed by atoms with E-state index in [1.165, 1.54) is 11.3 Å². The number of aromatic nitrogens is 5. The van der Waals surface area contributed by atoms with Crippen molar-refractivity contribution in [1.82, 2.24) is 30.1 Å². The number of amides is 1. The van der Waals surface area contributed by atoms with Crippen LogP contribution in [-0.4, -0.2) is 49.1 Å². The summed E-state index contributed by atoms with van der Waals surface area (Å²) in [6.45, 7) is 1.14. The molecule has 1 saturated heterocycles. The third-order valence-electron chi connectivity index (χ3n) is 4.02. The number of H-pyrrole nitrogens is 1. The molecule has 0 aromatic carbocycles. The lowest BCUT2D eigenvalue weighted by Gasteiger charge is -2.31. The minimum Gasteiger partial charge on any atom is -0.392 e. The van der Waals surface area contributed by atoms with Gasteiger partial charge in [0, 0.05) is 13.1 Å². The van der Waals surface area contributed by atoms with Crippen LogP contribution in [0.1, 0.15) is 34.3 Å². The lowest BCUT2D eigenvalue weighted by atomic mass is 9.98. The van der Waals surface area contributed by atoms with Gasteiger partial charge in [-0.1, -0.05) is 5.21 Å². The highest BCUT2D eigenvalue weighted by Crippen LogP contribution is 2.28. The molecule has 4 heterocycles. The van der Waals surface area contributed by atoms with Crippen molar-refractivity contribution in [1.29, 1.82) is 0 Å². The molecule has 1 amide bonds. The van der Waals surface area contributed by atoms with Crippen LogP contribution < -0.4 is 5.76 Å². The Morgan fingerprint density at radius 1 is 1.46 bits per heavy atom. The number of carbonyl (C=O) groups excluding carboxylic acids is 1. The molecule has 1 aliphatic rings. The smallest absolute Gasteiger partial charge is 0.392 e. The van der Waals surface area contributed by atoms with E-state index in [2.05, 4.69) is 20.5 Å². The number of nitrogens with zero attached hydrogens (tertiary/aromatic N) is 5. The molecule has 24 heavy (non-hydrogen) atoms. The minimum absolute atomic E-state index is 0.0573. The largest absolute Gasteiger partial charge is 0.434 e. The van der Waals surface area contributed by atoms with Crippen LogP contribution in [0.15, 0.2) is 33.1 Å². The molecule has 0 aliphatic carbocycles. The van der Waals surface area contributed by atoms with E-state index in [1.54, 1.807) is 22.0 Å². The van der Waals surface area contributed by atoms with Crippen LogP contribution in [0.5, 0.6) is 0 Å². The Bertz CT molecular complexity index is 896. The zero-order chi connectivity index (χ0) is 16.5. The van der Waals surface area contributed by atoms with Gasteiger partial charge in [-0.05, 0) is 24.3 Å². The van der Waals surface area contributed by atoms with Gasteiger partial charge in [-0.15, -0.1) is 21.5 Å². The number of aromatic amines is 1. The Hall–Kier alpha value is -2.75. The molecular formula is C14H14N6O3S. The molecule has 1 fully saturated rings. The van der Waals surface area contributed by atoms with Crippen LogP contribution in [0.2, 0.25) is 0 Å². The number of rotatable bonds is 3. The van der Waals surface area contributed by atoms with E-state index in [-0.39, 0.29) is 11.8 Å². The number of likely N-dealkylation sites (tertiary alicyclic amines) is 1. The molecule has 9 nitrogen and oxygen atoms in total. The second-order valence-corrected chi connectivity index (χ2v) is 6.44. The summed E-state index contributed by atoms with van der Waals surface area (Å²) in [7, 11) is 0. The van der Waals surface area contributed by atoms with Gasteiger partial charge in [-0.3, -0.25) is 4.79 Å². The van der Waals surface area contributed by atoms with E-state index in [4.69, 9.17) is 4.42 Å². The van der Waals surface area contributed by atoms with Crippen LogP contribution in [0, 0.1) is 0 Å². The summed E-state index contributed by atoms with van der Waals surface area (Å²) >= 11 is 1.38. The standard InChI is InChI=1S/C14H14N6O3S/c21-13(11-10(3-7-24-11)20-6-4-15-18-20)19-5-1-2-9(8-19)12-16-17-14(22)23-12/h3-4,6-7,9H,1-2,5,8H2,(H,17,22). The van der Waals surface area contributed by atoms with Gasteiger partial charge in [0.05, 0.1) is 24.0 Å². The van der Waals surface area contributed by atoms with E-state index >= 15 is 0 Å². The quantitative estimate of drug-likeness (QED) is 0.758. The van der Waals surface area contributed by atoms with Gasteiger partial charge in [0.2, 0.25) is 5.89 Å². The van der Waals surface area contributed by atoms with E-state index in [0.717, 1.165) is 18.5 Å². The first-order valence-electron chi connectivity index (χ1n) is 7.51. The molecule has 0 radical (unpaired) electrons. The highest BCUT2D eigenvalue weighted by molar-refractivity contribution is 7.12. The first kappa shape index (κ1) is 14.8. The van der Waals surface area contributed by atoms with E-state index < -0.39 is 5.76 Å². The maximum absolute atomic E-state index is 12.9. The fraction of sp³-hybridized carbons (Fsp3) is 0.357. The molecule has 0 bridgehead atoms. The lowest BCUT2D eigenvalue weighted by molar-refractivity contribution is 0.0702. The maximum atomic E-state index is 12.9. The van der Waals surface area contributed by atoms with Crippen molar-refractivity contribution in [2.24, 2.45) is 0 Å². The Labute approximate surface area is 139 Å². The van der Waals surface area contributed by atoms with Gasteiger partial charge < -0.3 is 9.32 Å². The summed E-state index contributed by atoms with van der Waals surface area (Å²) in [5.41, 5.74) is 0.718. The van der Waals surface area contributed by atoms with Gasteiger partial charge in [0.25, 0.3) is 5.91 Å². The van der Waals surface area contributed by atoms with Crippen LogP contribution in [0.25, 0.3) is 5.69 Å². The molecule has 0 spiro atoms. The molecule has 1 aliphatic heterocycles. The van der Waals surface area contributed by atoms with Crippen molar-refractivity contribution in [3.8, 4) is 5.69 Å². The minimum atomic E-state index is -0.569. The van der Waals surface area contributed by atoms with E-state index in [1.807, 2.05) is 11.4 Å². The molecule has 10 heteroatoms. The van der Waals surface area contributed by atoms with Crippen molar-refractivity contribution in [2.45, 2.75) is 18.8 Å². The molecule has 1 unspecified atom stereocenters. The van der Waals surface area contributed by atoms with Crippen LogP contribution in [0.3, 0.4) is 0 Å². The van der Waals surface area contributed by atoms with Gasteiger partial charge in [-0.25, -0.2) is 14.6 Å². The molecule has 3 aromatic heterocycles. The van der Waals surface area contributed by atoms with E-state index in [0.29, 0.717) is 23.9 Å². The number of nitrogens with one attached hydrogen (secondary N) is 1. The summed E-state index contributed by atoms with van der Waals surface area (Å²) in [4.78, 5) is 26.4. The molecule has 1 atom stereocenters. The van der Waals surface area contributed by atoms with Gasteiger partial charge in [-0.2, -0.15) is 0 Å². The summed E-state index contributed by atoms with van der Waals surface area (Å²) in [6.07, 6.45) is 4.94. The summed E-state index contributed by atoms with van der Waals surface area (Å²) < 4.78 is 6.63. The monoisotopic (exact) mass is 346 g/mol. The van der Waals surface area contributed by atoms with Crippen molar-refractivity contribution in [3.05, 3.63) is 45.2 Å². The summed E-state index contributed by atoms with van der Waals surface area (Å²) in [5, 5.41) is 15.8. The van der Waals surface area contributed by atoms with E-state index in [9.17, 15) is 9.59 Å². The fourth-order valence-electron chi connectivity index (χ4n) is 2.90. The maximum Gasteiger partial charge on any atom is 0.434 e. The number of carbonyl (C=O) groups is 1. The Morgan fingerprint density at radius 3 is 3.12 bits per heavy atom. The lowest BCUT2D eigenvalue weighted by Crippen LogP contribution is -2.39. The zero-order valence-electron chi connectivity index (χ0n) is 12.6. The molecule has 124 valence electrons. The second-order valence-electron chi connectivity index (χ2n) is 5.52. The summed E-state index contributed by atoms with van der Waals surface area (Å²) in [6, 6.07) is 1.85. The average Bonchev–Trinajstić information content (AvgIpc) is 3.34. The number of piperidine rings is 1. The normalized spacial score (nSPS) is 18.0. The van der Waals surface area contributed by atoms with Gasteiger partial charge in [0.15, 0.2) is 0 Å². The van der Waals surface area contributed by atoms with Crippen LogP contribution in [0.4, 0.5) is 0 Å². The molecule has 1 N–H and O–H groups in total. The van der Waals surface area contributed by atoms with Crippen molar-refractivity contribution >= 4 is 17.2 Å². The molecular weight excluding hydrogens is 332 g/mol. The number of hydrogen-bond donors (Lipinski definition) is 1. The van der Waals surface area contributed by atoms with Crippen molar-refractivity contribution in [3.63, 3.8) is 0 Å². The third kappa shape index (κ3) is 2.64. The van der Waals surface area contributed by atoms with Gasteiger partial charge in [0.1, 0.15) is 4.88 Å². The van der Waals surface area contributed by atoms with Crippen molar-refractivity contribution in [2.75, 3.05) is 13.1 Å². The SMILES string of the molecule is O=C(c1sccc1-n1ccnn1)N1CCCC(c2n[nH]c(=O)o2)C1. The Balaban J connectivity index is 1.57. The number of thiophene rings is 1. The molecule has 0 saturated carbocycles. The average molecular weight is 346 g/mol. The first-order valence-corrected chi connectivity index (χ1v) is 8.39. The van der Waals surface area contributed by atoms with Gasteiger partial charge >= 0.3 is 5.76 Å².